The van der Waals surface area contributed by atoms with E-state index in [2.05, 4.69) is 16.4 Å². The molecule has 5 heteroatoms. The van der Waals surface area contributed by atoms with Gasteiger partial charge in [-0.1, -0.05) is 17.7 Å². The second-order valence-electron chi connectivity index (χ2n) is 3.27. The lowest BCUT2D eigenvalue weighted by atomic mass is 10.2. The van der Waals surface area contributed by atoms with E-state index in [0.717, 1.165) is 0 Å². The molecule has 4 nitrogen and oxygen atoms in total. The van der Waals surface area contributed by atoms with Crippen molar-refractivity contribution in [3.63, 3.8) is 0 Å². The van der Waals surface area contributed by atoms with Crippen LogP contribution in [0.15, 0.2) is 36.5 Å². The van der Waals surface area contributed by atoms with Crippen LogP contribution in [-0.2, 0) is 0 Å². The maximum absolute atomic E-state index is 11.8. The molecular weight excluding hydrogens is 240 g/mol. The largest absolute Gasteiger partial charge is 0.507 e. The van der Waals surface area contributed by atoms with Crippen molar-refractivity contribution in [2.75, 3.05) is 5.32 Å². The Bertz CT molecular complexity index is 540. The third-order valence-electron chi connectivity index (χ3n) is 2.07. The fourth-order valence-electron chi connectivity index (χ4n) is 1.25. The molecular formula is C12H8ClN2O2. The van der Waals surface area contributed by atoms with E-state index in [9.17, 15) is 9.90 Å². The number of halogens is 1. The molecule has 0 fully saturated rings. The summed E-state index contributed by atoms with van der Waals surface area (Å²) in [6, 6.07) is 10.2. The number of nitrogens with zero attached hydrogens (tertiary/aromatic N) is 1. The number of amides is 1. The topological polar surface area (TPSA) is 62.2 Å². The van der Waals surface area contributed by atoms with Gasteiger partial charge in [-0.25, -0.2) is 4.98 Å². The van der Waals surface area contributed by atoms with Crippen molar-refractivity contribution in [1.29, 1.82) is 0 Å². The molecule has 2 aromatic rings. The SMILES string of the molecule is O=C(Nc1ccc(Cl)nc1)c1c[c]ccc1O. The minimum Gasteiger partial charge on any atom is -0.507 e. The Kier molecular flexibility index (Phi) is 3.25. The van der Waals surface area contributed by atoms with Crippen LogP contribution in [0.2, 0.25) is 5.15 Å². The van der Waals surface area contributed by atoms with Gasteiger partial charge in [0.05, 0.1) is 17.4 Å². The molecule has 0 aliphatic heterocycles. The Balaban J connectivity index is 2.17. The molecule has 1 radical (unpaired) electrons. The second-order valence-corrected chi connectivity index (χ2v) is 3.65. The molecule has 1 aromatic carbocycles. The van der Waals surface area contributed by atoms with E-state index in [4.69, 9.17) is 11.6 Å². The molecule has 1 heterocycles. The van der Waals surface area contributed by atoms with Gasteiger partial charge in [0.2, 0.25) is 0 Å². The Morgan fingerprint density at radius 2 is 2.24 bits per heavy atom. The van der Waals surface area contributed by atoms with E-state index in [0.29, 0.717) is 10.8 Å². The average molecular weight is 248 g/mol. The summed E-state index contributed by atoms with van der Waals surface area (Å²) in [4.78, 5) is 15.6. The highest BCUT2D eigenvalue weighted by Gasteiger charge is 2.10. The molecule has 0 bridgehead atoms. The van der Waals surface area contributed by atoms with Crippen LogP contribution in [0.25, 0.3) is 0 Å². The van der Waals surface area contributed by atoms with Crippen molar-refractivity contribution in [2.24, 2.45) is 0 Å². The van der Waals surface area contributed by atoms with Crippen LogP contribution in [0.5, 0.6) is 5.75 Å². The number of anilines is 1. The smallest absolute Gasteiger partial charge is 0.259 e. The second kappa shape index (κ2) is 4.84. The van der Waals surface area contributed by atoms with E-state index in [1.807, 2.05) is 0 Å². The minimum atomic E-state index is -0.427. The van der Waals surface area contributed by atoms with Crippen molar-refractivity contribution in [2.45, 2.75) is 0 Å². The molecule has 0 saturated heterocycles. The first-order chi connectivity index (χ1) is 8.16. The van der Waals surface area contributed by atoms with E-state index in [1.54, 1.807) is 12.1 Å². The predicted molar refractivity (Wildman–Crippen MR) is 64.1 cm³/mol. The fraction of sp³-hybridized carbons (Fsp3) is 0. The van der Waals surface area contributed by atoms with Crippen molar-refractivity contribution in [3.05, 3.63) is 53.3 Å². The van der Waals surface area contributed by atoms with Gasteiger partial charge in [0.25, 0.3) is 5.91 Å². The molecule has 85 valence electrons. The summed E-state index contributed by atoms with van der Waals surface area (Å²) >= 11 is 5.62. The highest BCUT2D eigenvalue weighted by atomic mass is 35.5. The highest BCUT2D eigenvalue weighted by Crippen LogP contribution is 2.17. The van der Waals surface area contributed by atoms with Crippen molar-refractivity contribution in [3.8, 4) is 5.75 Å². The maximum Gasteiger partial charge on any atom is 0.259 e. The Hall–Kier alpha value is -2.07. The van der Waals surface area contributed by atoms with E-state index < -0.39 is 5.91 Å². The number of rotatable bonds is 2. The number of phenols is 1. The number of hydrogen-bond donors (Lipinski definition) is 2. The zero-order valence-electron chi connectivity index (χ0n) is 8.64. The monoisotopic (exact) mass is 247 g/mol. The van der Waals surface area contributed by atoms with Crippen molar-refractivity contribution < 1.29 is 9.90 Å². The van der Waals surface area contributed by atoms with Gasteiger partial charge in [-0.2, -0.15) is 0 Å². The van der Waals surface area contributed by atoms with E-state index >= 15 is 0 Å². The quantitative estimate of drug-likeness (QED) is 0.802. The number of pyridine rings is 1. The van der Waals surface area contributed by atoms with Gasteiger partial charge >= 0.3 is 0 Å². The molecule has 0 unspecified atom stereocenters. The number of carbonyl (C=O) groups is 1. The number of aromatic hydroxyl groups is 1. The normalized spacial score (nSPS) is 9.94. The fourth-order valence-corrected chi connectivity index (χ4v) is 1.36. The molecule has 0 atom stereocenters. The number of carbonyl (C=O) groups excluding carboxylic acids is 1. The minimum absolute atomic E-state index is 0.0943. The first kappa shape index (κ1) is 11.4. The standard InChI is InChI=1S/C12H8ClN2O2/c13-11-6-5-8(7-14-11)15-12(17)9-3-1-2-4-10(9)16/h2-7,16H,(H,15,17). The van der Waals surface area contributed by atoms with Gasteiger partial charge in [0.15, 0.2) is 0 Å². The van der Waals surface area contributed by atoms with Crippen LogP contribution in [0.4, 0.5) is 5.69 Å². The van der Waals surface area contributed by atoms with Gasteiger partial charge in [0, 0.05) is 0 Å². The van der Waals surface area contributed by atoms with Crippen LogP contribution in [-0.4, -0.2) is 16.0 Å². The third-order valence-corrected chi connectivity index (χ3v) is 2.29. The van der Waals surface area contributed by atoms with Gasteiger partial charge in [0.1, 0.15) is 10.9 Å². The zero-order valence-corrected chi connectivity index (χ0v) is 9.40. The predicted octanol–water partition coefficient (Wildman–Crippen LogP) is 2.49. The average Bonchev–Trinajstić information content (AvgIpc) is 2.32. The Morgan fingerprint density at radius 3 is 2.88 bits per heavy atom. The lowest BCUT2D eigenvalue weighted by Crippen LogP contribution is -2.12. The molecule has 2 N–H and O–H groups in total. The van der Waals surface area contributed by atoms with Gasteiger partial charge in [-0.3, -0.25) is 4.79 Å². The van der Waals surface area contributed by atoms with Crippen molar-refractivity contribution >= 4 is 23.2 Å². The van der Waals surface area contributed by atoms with Crippen LogP contribution >= 0.6 is 11.6 Å². The number of aromatic nitrogens is 1. The molecule has 0 saturated carbocycles. The van der Waals surface area contributed by atoms with Crippen LogP contribution in [0.1, 0.15) is 10.4 Å². The molecule has 0 aliphatic rings. The summed E-state index contributed by atoms with van der Waals surface area (Å²) in [5, 5.41) is 12.4. The lowest BCUT2D eigenvalue weighted by molar-refractivity contribution is 0.102. The maximum atomic E-state index is 11.8. The Labute approximate surface area is 103 Å². The summed E-state index contributed by atoms with van der Waals surface area (Å²) in [6.07, 6.45) is 1.43. The molecule has 2 rings (SSSR count). The number of nitrogens with one attached hydrogen (secondary N) is 1. The summed E-state index contributed by atoms with van der Waals surface area (Å²) in [5.74, 6) is -0.522. The van der Waals surface area contributed by atoms with Crippen molar-refractivity contribution in [1.82, 2.24) is 4.98 Å². The number of phenolic OH excluding ortho intramolecular Hbond substituents is 1. The molecule has 17 heavy (non-hydrogen) atoms. The first-order valence-corrected chi connectivity index (χ1v) is 5.16. The van der Waals surface area contributed by atoms with E-state index in [1.165, 1.54) is 24.4 Å². The van der Waals surface area contributed by atoms with Gasteiger partial charge < -0.3 is 10.4 Å². The summed E-state index contributed by atoms with van der Waals surface area (Å²) < 4.78 is 0. The van der Waals surface area contributed by atoms with E-state index in [-0.39, 0.29) is 11.3 Å². The molecule has 0 spiro atoms. The Morgan fingerprint density at radius 1 is 1.41 bits per heavy atom. The van der Waals surface area contributed by atoms with Crippen LogP contribution in [0.3, 0.4) is 0 Å². The lowest BCUT2D eigenvalue weighted by Gasteiger charge is -2.05. The molecule has 1 aromatic heterocycles. The van der Waals surface area contributed by atoms with Crippen LogP contribution < -0.4 is 5.32 Å². The van der Waals surface area contributed by atoms with Gasteiger partial charge in [-0.15, -0.1) is 0 Å². The first-order valence-electron chi connectivity index (χ1n) is 4.79. The number of benzene rings is 1. The van der Waals surface area contributed by atoms with Crippen LogP contribution in [0, 0.1) is 6.07 Å². The number of hydrogen-bond acceptors (Lipinski definition) is 3. The summed E-state index contributed by atoms with van der Waals surface area (Å²) in [5.41, 5.74) is 0.658. The molecule has 1 amide bonds. The summed E-state index contributed by atoms with van der Waals surface area (Å²) in [6.45, 7) is 0. The highest BCUT2D eigenvalue weighted by molar-refractivity contribution is 6.29. The summed E-state index contributed by atoms with van der Waals surface area (Å²) in [7, 11) is 0. The van der Waals surface area contributed by atoms with Gasteiger partial charge in [-0.05, 0) is 30.3 Å². The third kappa shape index (κ3) is 2.73. The molecule has 0 aliphatic carbocycles. The zero-order chi connectivity index (χ0) is 12.3.